The Hall–Kier alpha value is -4.00. The summed E-state index contributed by atoms with van der Waals surface area (Å²) in [7, 11) is 4.89. The lowest BCUT2D eigenvalue weighted by molar-refractivity contribution is 0.108. The normalized spacial score (nSPS) is 13.5. The van der Waals surface area contributed by atoms with Gasteiger partial charge in [0.2, 0.25) is 0 Å². The van der Waals surface area contributed by atoms with E-state index >= 15 is 0 Å². The van der Waals surface area contributed by atoms with E-state index in [2.05, 4.69) is 10.5 Å². The maximum Gasteiger partial charge on any atom is 0.330 e. The molecule has 12 nitrogen and oxygen atoms in total. The summed E-state index contributed by atoms with van der Waals surface area (Å²) >= 11 is 6.66. The summed E-state index contributed by atoms with van der Waals surface area (Å²) in [4.78, 5) is 37.4. The number of nitrogens with one attached hydrogen (secondary N) is 1. The molecule has 0 aliphatic carbocycles. The Morgan fingerprint density at radius 2 is 1.90 bits per heavy atom. The van der Waals surface area contributed by atoms with Crippen LogP contribution in [0.3, 0.4) is 0 Å². The number of benzene rings is 1. The SMILES string of the molecule is CNC[C@@H](O)COc1ccc(Cl)c(-c2nc(-c3c(C)noc3C)c(C)c(N3Cc4c(n(C)c(=O)n(C)c4=O)C3)n2)c1. The highest BCUT2D eigenvalue weighted by molar-refractivity contribution is 6.33. The van der Waals surface area contributed by atoms with Crippen molar-refractivity contribution in [3.05, 3.63) is 72.3 Å². The zero-order valence-electron chi connectivity index (χ0n) is 23.8. The average Bonchev–Trinajstić information content (AvgIpc) is 3.54. The average molecular weight is 582 g/mol. The lowest BCUT2D eigenvalue weighted by Gasteiger charge is -2.22. The summed E-state index contributed by atoms with van der Waals surface area (Å²) in [6, 6.07) is 5.15. The number of rotatable bonds is 8. The molecule has 13 heteroatoms. The molecule has 4 aromatic rings. The maximum atomic E-state index is 13.0. The number of hydrogen-bond donors (Lipinski definition) is 2. The van der Waals surface area contributed by atoms with Crippen molar-refractivity contribution in [3.63, 3.8) is 0 Å². The molecular weight excluding hydrogens is 550 g/mol. The minimum atomic E-state index is -0.687. The van der Waals surface area contributed by atoms with Crippen LogP contribution in [0.25, 0.3) is 22.6 Å². The number of ether oxygens (including phenoxy) is 1. The number of halogens is 1. The van der Waals surface area contributed by atoms with Crippen LogP contribution in [0.5, 0.6) is 5.75 Å². The van der Waals surface area contributed by atoms with Gasteiger partial charge >= 0.3 is 5.69 Å². The van der Waals surface area contributed by atoms with Gasteiger partial charge in [-0.05, 0) is 46.0 Å². The Morgan fingerprint density at radius 3 is 2.59 bits per heavy atom. The number of hydrogen-bond acceptors (Lipinski definition) is 10. The van der Waals surface area contributed by atoms with Gasteiger partial charge in [0.15, 0.2) is 5.82 Å². The lowest BCUT2D eigenvalue weighted by Crippen LogP contribution is -2.39. The van der Waals surface area contributed by atoms with Gasteiger partial charge in [-0.3, -0.25) is 13.9 Å². The fraction of sp³-hybridized carbons (Fsp3) is 0.393. The van der Waals surface area contributed by atoms with E-state index in [1.807, 2.05) is 25.7 Å². The summed E-state index contributed by atoms with van der Waals surface area (Å²) in [5.41, 5.74) is 3.80. The Morgan fingerprint density at radius 1 is 1.15 bits per heavy atom. The number of nitrogens with zero attached hydrogens (tertiary/aromatic N) is 6. The van der Waals surface area contributed by atoms with E-state index in [1.54, 1.807) is 32.3 Å². The fourth-order valence-electron chi connectivity index (χ4n) is 5.14. The molecule has 5 rings (SSSR count). The van der Waals surface area contributed by atoms with Crippen molar-refractivity contribution in [1.82, 2.24) is 29.6 Å². The molecule has 2 N–H and O–H groups in total. The smallest absolute Gasteiger partial charge is 0.330 e. The van der Waals surface area contributed by atoms with Crippen LogP contribution in [0.1, 0.15) is 28.3 Å². The number of likely N-dealkylation sites (N-methyl/N-ethyl adjacent to an activating group) is 1. The third-order valence-electron chi connectivity index (χ3n) is 7.33. The molecule has 0 saturated carbocycles. The number of aryl methyl sites for hydroxylation is 2. The molecule has 1 aliphatic heterocycles. The molecule has 0 fully saturated rings. The van der Waals surface area contributed by atoms with Gasteiger partial charge in [-0.25, -0.2) is 14.8 Å². The molecule has 1 aromatic carbocycles. The molecule has 0 bridgehead atoms. The van der Waals surface area contributed by atoms with Crippen molar-refractivity contribution < 1.29 is 14.4 Å². The zero-order valence-corrected chi connectivity index (χ0v) is 24.5. The van der Waals surface area contributed by atoms with E-state index in [9.17, 15) is 14.7 Å². The predicted octanol–water partition coefficient (Wildman–Crippen LogP) is 2.25. The van der Waals surface area contributed by atoms with Gasteiger partial charge in [-0.2, -0.15) is 0 Å². The van der Waals surface area contributed by atoms with E-state index < -0.39 is 6.10 Å². The second-order valence-corrected chi connectivity index (χ2v) is 10.6. The van der Waals surface area contributed by atoms with Crippen molar-refractivity contribution in [1.29, 1.82) is 0 Å². The molecule has 0 unspecified atom stereocenters. The largest absolute Gasteiger partial charge is 0.491 e. The summed E-state index contributed by atoms with van der Waals surface area (Å²) in [6.07, 6.45) is -0.687. The zero-order chi connectivity index (χ0) is 29.6. The van der Waals surface area contributed by atoms with Crippen molar-refractivity contribution in [2.24, 2.45) is 14.1 Å². The van der Waals surface area contributed by atoms with Gasteiger partial charge in [0.25, 0.3) is 5.56 Å². The van der Waals surface area contributed by atoms with Crippen LogP contribution in [0.15, 0.2) is 32.3 Å². The van der Waals surface area contributed by atoms with E-state index in [1.165, 1.54) is 11.6 Å². The summed E-state index contributed by atoms with van der Waals surface area (Å²) in [6.45, 7) is 6.63. The molecule has 0 amide bonds. The van der Waals surface area contributed by atoms with E-state index in [-0.39, 0.29) is 24.4 Å². The minimum Gasteiger partial charge on any atom is -0.491 e. The third kappa shape index (κ3) is 5.14. The highest BCUT2D eigenvalue weighted by Crippen LogP contribution is 2.38. The first-order valence-electron chi connectivity index (χ1n) is 13.1. The van der Waals surface area contributed by atoms with Crippen LogP contribution in [0.2, 0.25) is 5.02 Å². The lowest BCUT2D eigenvalue weighted by atomic mass is 10.0. The number of fused-ring (bicyclic) bond motifs is 1. The molecule has 0 radical (unpaired) electrons. The Kier molecular flexibility index (Phi) is 7.73. The molecule has 0 saturated heterocycles. The monoisotopic (exact) mass is 581 g/mol. The molecular formula is C28H32ClN7O5. The Labute approximate surface area is 241 Å². The highest BCUT2D eigenvalue weighted by Gasteiger charge is 2.30. The fourth-order valence-corrected chi connectivity index (χ4v) is 5.35. The first-order chi connectivity index (χ1) is 19.5. The quantitative estimate of drug-likeness (QED) is 0.318. The van der Waals surface area contributed by atoms with Gasteiger partial charge < -0.3 is 24.6 Å². The van der Waals surface area contributed by atoms with Crippen LogP contribution < -0.4 is 26.2 Å². The first kappa shape index (κ1) is 28.5. The van der Waals surface area contributed by atoms with E-state index in [0.29, 0.717) is 69.5 Å². The summed E-state index contributed by atoms with van der Waals surface area (Å²) in [5.74, 6) is 2.02. The molecule has 1 atom stereocenters. The number of anilines is 1. The van der Waals surface area contributed by atoms with Crippen LogP contribution in [-0.4, -0.2) is 55.7 Å². The number of aliphatic hydroxyl groups excluding tert-OH is 1. The van der Waals surface area contributed by atoms with E-state index in [0.717, 1.165) is 15.7 Å². The minimum absolute atomic E-state index is 0.0892. The predicted molar refractivity (Wildman–Crippen MR) is 154 cm³/mol. The summed E-state index contributed by atoms with van der Waals surface area (Å²) in [5, 5.41) is 17.5. The van der Waals surface area contributed by atoms with Crippen LogP contribution in [0, 0.1) is 20.8 Å². The molecule has 3 aromatic heterocycles. The maximum absolute atomic E-state index is 13.0. The first-order valence-corrected chi connectivity index (χ1v) is 13.5. The van der Waals surface area contributed by atoms with Gasteiger partial charge in [0.05, 0.1) is 46.3 Å². The third-order valence-corrected chi connectivity index (χ3v) is 7.66. The van der Waals surface area contributed by atoms with Crippen LogP contribution in [0.4, 0.5) is 5.82 Å². The van der Waals surface area contributed by atoms with Crippen molar-refractivity contribution in [3.8, 4) is 28.4 Å². The summed E-state index contributed by atoms with van der Waals surface area (Å²) < 4.78 is 13.9. The molecule has 4 heterocycles. The Bertz CT molecular complexity index is 1740. The second-order valence-electron chi connectivity index (χ2n) is 10.2. The standard InChI is InChI=1S/C28H32ClN7O5/c1-14-24(23-15(2)33-41-16(23)3)31-25(19-9-18(7-8-21(19)29)40-13-17(37)10-30-4)32-26(14)36-11-20-22(12-36)34(5)28(39)35(6)27(20)38/h7-9,17,30,37H,10-13H2,1-6H3/t17-/m1/s1. The number of aliphatic hydroxyl groups is 1. The van der Waals surface area contributed by atoms with Gasteiger partial charge in [0.1, 0.15) is 30.0 Å². The van der Waals surface area contributed by atoms with Crippen molar-refractivity contribution in [2.45, 2.75) is 40.0 Å². The van der Waals surface area contributed by atoms with Gasteiger partial charge in [0, 0.05) is 31.8 Å². The van der Waals surface area contributed by atoms with E-state index in [4.69, 9.17) is 30.8 Å². The Balaban J connectivity index is 1.65. The molecule has 216 valence electrons. The molecule has 41 heavy (non-hydrogen) atoms. The van der Waals surface area contributed by atoms with Crippen LogP contribution in [-0.2, 0) is 27.2 Å². The van der Waals surface area contributed by atoms with Gasteiger partial charge in [-0.15, -0.1) is 0 Å². The number of aromatic nitrogens is 5. The van der Waals surface area contributed by atoms with Crippen molar-refractivity contribution in [2.75, 3.05) is 25.1 Å². The second kappa shape index (κ2) is 11.1. The topological polar surface area (TPSA) is 141 Å². The highest BCUT2D eigenvalue weighted by atomic mass is 35.5. The molecule has 0 spiro atoms. The van der Waals surface area contributed by atoms with Crippen LogP contribution >= 0.6 is 11.6 Å². The van der Waals surface area contributed by atoms with Gasteiger partial charge in [-0.1, -0.05) is 16.8 Å². The molecule has 1 aliphatic rings. The van der Waals surface area contributed by atoms with Crippen molar-refractivity contribution >= 4 is 17.4 Å².